The van der Waals surface area contributed by atoms with Crippen molar-refractivity contribution in [3.8, 4) is 11.5 Å². The fourth-order valence-electron chi connectivity index (χ4n) is 2.43. The van der Waals surface area contributed by atoms with Crippen LogP contribution >= 0.6 is 0 Å². The number of hydrogen-bond donors (Lipinski definition) is 1. The van der Waals surface area contributed by atoms with Crippen LogP contribution in [-0.4, -0.2) is 21.4 Å². The van der Waals surface area contributed by atoms with Crippen molar-refractivity contribution in [2.24, 2.45) is 0 Å². The second-order valence-electron chi connectivity index (χ2n) is 4.99. The molecule has 3 aromatic rings. The van der Waals surface area contributed by atoms with Crippen LogP contribution < -0.4 is 14.8 Å². The number of fused-ring (bicyclic) bond motifs is 2. The molecule has 1 aliphatic heterocycles. The number of aryl methyl sites for hydroxylation is 1. The molecule has 0 saturated heterocycles. The summed E-state index contributed by atoms with van der Waals surface area (Å²) in [6.45, 7) is 3.01. The number of aromatic nitrogens is 3. The highest BCUT2D eigenvalue weighted by atomic mass is 16.7. The summed E-state index contributed by atoms with van der Waals surface area (Å²) in [6.07, 6.45) is 1.56. The zero-order chi connectivity index (χ0) is 14.2. The SMILES string of the molecule is Cc1cc(NCc2ccc3c(c2)OCO3)n2ncnc2c1. The first-order valence-electron chi connectivity index (χ1n) is 6.72. The Morgan fingerprint density at radius 3 is 3.05 bits per heavy atom. The molecule has 4 rings (SSSR count). The number of nitrogens with zero attached hydrogens (tertiary/aromatic N) is 3. The Hall–Kier alpha value is -2.76. The van der Waals surface area contributed by atoms with Crippen molar-refractivity contribution in [2.45, 2.75) is 13.5 Å². The first-order chi connectivity index (χ1) is 10.3. The van der Waals surface area contributed by atoms with Crippen LogP contribution in [0.5, 0.6) is 11.5 Å². The topological polar surface area (TPSA) is 60.7 Å². The lowest BCUT2D eigenvalue weighted by atomic mass is 10.2. The largest absolute Gasteiger partial charge is 0.454 e. The zero-order valence-electron chi connectivity index (χ0n) is 11.5. The fraction of sp³-hybridized carbons (Fsp3) is 0.200. The molecule has 2 aromatic heterocycles. The van der Waals surface area contributed by atoms with Gasteiger partial charge in [0.2, 0.25) is 6.79 Å². The molecule has 0 atom stereocenters. The van der Waals surface area contributed by atoms with Crippen LogP contribution in [0.25, 0.3) is 5.65 Å². The molecule has 6 nitrogen and oxygen atoms in total. The molecule has 0 aliphatic carbocycles. The third-order valence-corrected chi connectivity index (χ3v) is 3.43. The third kappa shape index (κ3) is 2.14. The van der Waals surface area contributed by atoms with Crippen LogP contribution in [0.2, 0.25) is 0 Å². The summed E-state index contributed by atoms with van der Waals surface area (Å²) in [7, 11) is 0. The van der Waals surface area contributed by atoms with Crippen molar-refractivity contribution >= 4 is 11.5 Å². The smallest absolute Gasteiger partial charge is 0.231 e. The van der Waals surface area contributed by atoms with Gasteiger partial charge < -0.3 is 14.8 Å². The summed E-state index contributed by atoms with van der Waals surface area (Å²) >= 11 is 0. The number of rotatable bonds is 3. The van der Waals surface area contributed by atoms with E-state index in [0.29, 0.717) is 13.3 Å². The summed E-state index contributed by atoms with van der Waals surface area (Å²) in [4.78, 5) is 4.22. The molecule has 1 aromatic carbocycles. The Morgan fingerprint density at radius 1 is 1.19 bits per heavy atom. The predicted molar refractivity (Wildman–Crippen MR) is 77.6 cm³/mol. The van der Waals surface area contributed by atoms with Gasteiger partial charge in [0.25, 0.3) is 0 Å². The van der Waals surface area contributed by atoms with Crippen molar-refractivity contribution in [3.05, 3.63) is 47.8 Å². The van der Waals surface area contributed by atoms with Crippen molar-refractivity contribution in [3.63, 3.8) is 0 Å². The fourth-order valence-corrected chi connectivity index (χ4v) is 2.43. The minimum absolute atomic E-state index is 0.295. The van der Waals surface area contributed by atoms with Crippen LogP contribution in [0.1, 0.15) is 11.1 Å². The van der Waals surface area contributed by atoms with Gasteiger partial charge in [-0.05, 0) is 42.3 Å². The van der Waals surface area contributed by atoms with Crippen molar-refractivity contribution in [2.75, 3.05) is 12.1 Å². The zero-order valence-corrected chi connectivity index (χ0v) is 11.5. The molecule has 0 radical (unpaired) electrons. The van der Waals surface area contributed by atoms with E-state index in [9.17, 15) is 0 Å². The van der Waals surface area contributed by atoms with E-state index in [-0.39, 0.29) is 0 Å². The number of pyridine rings is 1. The second kappa shape index (κ2) is 4.66. The minimum atomic E-state index is 0.295. The average Bonchev–Trinajstić information content (AvgIpc) is 3.12. The van der Waals surface area contributed by atoms with Gasteiger partial charge >= 0.3 is 0 Å². The van der Waals surface area contributed by atoms with E-state index in [1.807, 2.05) is 31.2 Å². The third-order valence-electron chi connectivity index (χ3n) is 3.43. The molecule has 1 N–H and O–H groups in total. The molecule has 0 fully saturated rings. The van der Waals surface area contributed by atoms with Gasteiger partial charge in [-0.2, -0.15) is 9.61 Å². The number of nitrogens with one attached hydrogen (secondary N) is 1. The van der Waals surface area contributed by atoms with Crippen molar-refractivity contribution in [1.82, 2.24) is 14.6 Å². The Bertz CT molecular complexity index is 813. The minimum Gasteiger partial charge on any atom is -0.454 e. The molecule has 0 bridgehead atoms. The van der Waals surface area contributed by atoms with Gasteiger partial charge in [-0.1, -0.05) is 6.07 Å². The molecule has 0 amide bonds. The monoisotopic (exact) mass is 282 g/mol. The van der Waals surface area contributed by atoms with E-state index in [0.717, 1.165) is 34.1 Å². The number of ether oxygens (including phenoxy) is 2. The maximum atomic E-state index is 5.39. The van der Waals surface area contributed by atoms with Crippen LogP contribution in [-0.2, 0) is 6.54 Å². The lowest BCUT2D eigenvalue weighted by molar-refractivity contribution is 0.174. The predicted octanol–water partition coefficient (Wildman–Crippen LogP) is 2.38. The summed E-state index contributed by atoms with van der Waals surface area (Å²) in [5.41, 5.74) is 3.10. The van der Waals surface area contributed by atoms with Crippen molar-refractivity contribution in [1.29, 1.82) is 0 Å². The molecule has 0 saturated carbocycles. The van der Waals surface area contributed by atoms with E-state index < -0.39 is 0 Å². The highest BCUT2D eigenvalue weighted by molar-refractivity contribution is 5.52. The van der Waals surface area contributed by atoms with Gasteiger partial charge in [-0.3, -0.25) is 0 Å². The second-order valence-corrected chi connectivity index (χ2v) is 4.99. The maximum Gasteiger partial charge on any atom is 0.231 e. The average molecular weight is 282 g/mol. The number of hydrogen-bond acceptors (Lipinski definition) is 5. The number of anilines is 1. The van der Waals surface area contributed by atoms with Crippen LogP contribution in [0.15, 0.2) is 36.7 Å². The lowest BCUT2D eigenvalue weighted by Crippen LogP contribution is -2.05. The van der Waals surface area contributed by atoms with Crippen molar-refractivity contribution < 1.29 is 9.47 Å². The van der Waals surface area contributed by atoms with Gasteiger partial charge in [0.05, 0.1) is 0 Å². The van der Waals surface area contributed by atoms with Gasteiger partial charge in [-0.15, -0.1) is 0 Å². The first-order valence-corrected chi connectivity index (χ1v) is 6.72. The quantitative estimate of drug-likeness (QED) is 0.799. The Morgan fingerprint density at radius 2 is 2.10 bits per heavy atom. The first kappa shape index (κ1) is 12.0. The molecule has 106 valence electrons. The Kier molecular flexibility index (Phi) is 2.67. The van der Waals surface area contributed by atoms with Crippen LogP contribution in [0.3, 0.4) is 0 Å². The molecule has 1 aliphatic rings. The summed E-state index contributed by atoms with van der Waals surface area (Å²) in [6, 6.07) is 9.99. The maximum absolute atomic E-state index is 5.39. The summed E-state index contributed by atoms with van der Waals surface area (Å²) in [5.74, 6) is 2.51. The molecular formula is C15H14N4O2. The molecule has 0 spiro atoms. The van der Waals surface area contributed by atoms with Gasteiger partial charge in [-0.25, -0.2) is 4.98 Å². The van der Waals surface area contributed by atoms with E-state index in [1.165, 1.54) is 0 Å². The molecule has 6 heteroatoms. The van der Waals surface area contributed by atoms with E-state index in [4.69, 9.17) is 9.47 Å². The highest BCUT2D eigenvalue weighted by Gasteiger charge is 2.13. The van der Waals surface area contributed by atoms with E-state index >= 15 is 0 Å². The standard InChI is InChI=1S/C15H14N4O2/c1-10-4-14(19-15(5-10)17-8-18-19)16-7-11-2-3-12-13(6-11)21-9-20-12/h2-6,8,16H,7,9H2,1H3. The molecular weight excluding hydrogens is 268 g/mol. The summed E-state index contributed by atoms with van der Waals surface area (Å²) in [5, 5.41) is 7.61. The Balaban J connectivity index is 1.59. The number of benzene rings is 1. The highest BCUT2D eigenvalue weighted by Crippen LogP contribution is 2.32. The molecule has 21 heavy (non-hydrogen) atoms. The molecule has 3 heterocycles. The van der Waals surface area contributed by atoms with E-state index in [1.54, 1.807) is 10.8 Å². The van der Waals surface area contributed by atoms with Gasteiger partial charge in [0, 0.05) is 6.54 Å². The normalized spacial score (nSPS) is 12.8. The van der Waals surface area contributed by atoms with Crippen LogP contribution in [0.4, 0.5) is 5.82 Å². The lowest BCUT2D eigenvalue weighted by Gasteiger charge is -2.09. The van der Waals surface area contributed by atoms with Crippen LogP contribution in [0, 0.1) is 6.92 Å². The van der Waals surface area contributed by atoms with Gasteiger partial charge in [0.15, 0.2) is 17.1 Å². The molecule has 0 unspecified atom stereocenters. The Labute approximate surface area is 121 Å². The summed E-state index contributed by atoms with van der Waals surface area (Å²) < 4.78 is 12.5. The van der Waals surface area contributed by atoms with E-state index in [2.05, 4.69) is 21.5 Å². The van der Waals surface area contributed by atoms with Gasteiger partial charge in [0.1, 0.15) is 12.1 Å².